The highest BCUT2D eigenvalue weighted by Crippen LogP contribution is 2.31. The van der Waals surface area contributed by atoms with Crippen molar-refractivity contribution in [2.45, 2.75) is 26.8 Å². The summed E-state index contributed by atoms with van der Waals surface area (Å²) >= 11 is 0. The van der Waals surface area contributed by atoms with Gasteiger partial charge >= 0.3 is 0 Å². The van der Waals surface area contributed by atoms with E-state index in [0.717, 1.165) is 22.4 Å². The summed E-state index contributed by atoms with van der Waals surface area (Å²) in [5.41, 5.74) is 4.57. The van der Waals surface area contributed by atoms with Crippen LogP contribution in [0.1, 0.15) is 28.3 Å². The lowest BCUT2D eigenvalue weighted by molar-refractivity contribution is 0.250. The summed E-state index contributed by atoms with van der Waals surface area (Å²) in [6.07, 6.45) is 0. The zero-order valence-corrected chi connectivity index (χ0v) is 10.7. The number of likely N-dealkylation sites (N-methyl/N-ethyl adjacent to an activating group) is 1. The lowest BCUT2D eigenvalue weighted by Crippen LogP contribution is -2.21. The van der Waals surface area contributed by atoms with E-state index in [1.54, 1.807) is 7.11 Å². The van der Waals surface area contributed by atoms with Gasteiger partial charge < -0.3 is 15.2 Å². The lowest BCUT2D eigenvalue weighted by Gasteiger charge is -2.21. The molecule has 1 aromatic rings. The summed E-state index contributed by atoms with van der Waals surface area (Å²) in [5, 5.41) is 12.4. The van der Waals surface area contributed by atoms with E-state index in [2.05, 4.69) is 25.2 Å². The Morgan fingerprint density at radius 1 is 1.31 bits per heavy atom. The molecule has 1 aromatic carbocycles. The standard InChI is InChI=1S/C13H21NO2/c1-8-6-11(12(7-15)14-4)9(2)10(3)13(8)16-5/h6,12,14-15H,7H2,1-5H3. The topological polar surface area (TPSA) is 41.5 Å². The van der Waals surface area contributed by atoms with E-state index in [9.17, 15) is 5.11 Å². The molecule has 1 atom stereocenters. The minimum atomic E-state index is -0.0108. The smallest absolute Gasteiger partial charge is 0.124 e. The first-order chi connectivity index (χ1) is 7.56. The van der Waals surface area contributed by atoms with Gasteiger partial charge in [0.25, 0.3) is 0 Å². The Morgan fingerprint density at radius 2 is 1.94 bits per heavy atom. The van der Waals surface area contributed by atoms with Crippen molar-refractivity contribution in [3.8, 4) is 5.75 Å². The quantitative estimate of drug-likeness (QED) is 0.819. The number of methoxy groups -OCH3 is 1. The molecule has 16 heavy (non-hydrogen) atoms. The molecule has 0 aromatic heterocycles. The first-order valence-electron chi connectivity index (χ1n) is 5.49. The van der Waals surface area contributed by atoms with Crippen molar-refractivity contribution in [2.24, 2.45) is 0 Å². The lowest BCUT2D eigenvalue weighted by atomic mass is 9.94. The fourth-order valence-electron chi connectivity index (χ4n) is 2.11. The van der Waals surface area contributed by atoms with E-state index in [4.69, 9.17) is 4.74 Å². The van der Waals surface area contributed by atoms with E-state index in [1.165, 1.54) is 5.56 Å². The second-order valence-electron chi connectivity index (χ2n) is 4.09. The summed E-state index contributed by atoms with van der Waals surface area (Å²) in [4.78, 5) is 0. The van der Waals surface area contributed by atoms with Crippen molar-refractivity contribution in [1.29, 1.82) is 0 Å². The summed E-state index contributed by atoms with van der Waals surface area (Å²) < 4.78 is 5.38. The molecular weight excluding hydrogens is 202 g/mol. The van der Waals surface area contributed by atoms with Crippen LogP contribution < -0.4 is 10.1 Å². The van der Waals surface area contributed by atoms with Gasteiger partial charge in [0, 0.05) is 0 Å². The van der Waals surface area contributed by atoms with Gasteiger partial charge in [-0.3, -0.25) is 0 Å². The number of ether oxygens (including phenoxy) is 1. The highest BCUT2D eigenvalue weighted by atomic mass is 16.5. The average Bonchev–Trinajstić information content (AvgIpc) is 2.27. The number of hydrogen-bond acceptors (Lipinski definition) is 3. The fraction of sp³-hybridized carbons (Fsp3) is 0.538. The molecule has 0 saturated heterocycles. The van der Waals surface area contributed by atoms with Gasteiger partial charge in [-0.25, -0.2) is 0 Å². The van der Waals surface area contributed by atoms with E-state index < -0.39 is 0 Å². The maximum atomic E-state index is 9.32. The van der Waals surface area contributed by atoms with Crippen molar-refractivity contribution < 1.29 is 9.84 Å². The van der Waals surface area contributed by atoms with Crippen LogP contribution in [0, 0.1) is 20.8 Å². The number of nitrogens with one attached hydrogen (secondary N) is 1. The second-order valence-corrected chi connectivity index (χ2v) is 4.09. The van der Waals surface area contributed by atoms with Gasteiger partial charge in [-0.2, -0.15) is 0 Å². The van der Waals surface area contributed by atoms with Gasteiger partial charge in [0.1, 0.15) is 5.75 Å². The van der Waals surface area contributed by atoms with Crippen LogP contribution in [0.25, 0.3) is 0 Å². The van der Waals surface area contributed by atoms with Crippen LogP contribution in [0.2, 0.25) is 0 Å². The molecule has 0 spiro atoms. The number of aliphatic hydroxyl groups is 1. The Morgan fingerprint density at radius 3 is 2.38 bits per heavy atom. The molecule has 3 nitrogen and oxygen atoms in total. The third kappa shape index (κ3) is 2.20. The predicted molar refractivity (Wildman–Crippen MR) is 66.1 cm³/mol. The van der Waals surface area contributed by atoms with E-state index >= 15 is 0 Å². The van der Waals surface area contributed by atoms with Gasteiger partial charge in [0.2, 0.25) is 0 Å². The zero-order chi connectivity index (χ0) is 12.3. The Balaban J connectivity index is 3.32. The molecule has 1 unspecified atom stereocenters. The minimum Gasteiger partial charge on any atom is -0.496 e. The Hall–Kier alpha value is -1.06. The maximum Gasteiger partial charge on any atom is 0.124 e. The molecule has 3 heteroatoms. The highest BCUT2D eigenvalue weighted by molar-refractivity contribution is 5.50. The predicted octanol–water partition coefficient (Wildman–Crippen LogP) is 1.87. The van der Waals surface area contributed by atoms with Gasteiger partial charge in [0.15, 0.2) is 0 Å². The number of benzene rings is 1. The molecule has 0 fully saturated rings. The number of hydrogen-bond donors (Lipinski definition) is 2. The van der Waals surface area contributed by atoms with Crippen molar-refractivity contribution in [1.82, 2.24) is 5.32 Å². The van der Waals surface area contributed by atoms with Gasteiger partial charge in [-0.15, -0.1) is 0 Å². The van der Waals surface area contributed by atoms with Crippen molar-refractivity contribution in [3.05, 3.63) is 28.3 Å². The normalized spacial score (nSPS) is 12.6. The molecule has 0 amide bonds. The first kappa shape index (κ1) is 13.0. The van der Waals surface area contributed by atoms with Crippen LogP contribution in [0.3, 0.4) is 0 Å². The number of aryl methyl sites for hydroxylation is 1. The largest absolute Gasteiger partial charge is 0.496 e. The van der Waals surface area contributed by atoms with Gasteiger partial charge in [-0.1, -0.05) is 6.07 Å². The summed E-state index contributed by atoms with van der Waals surface area (Å²) in [6.45, 7) is 6.24. The molecule has 0 saturated carbocycles. The summed E-state index contributed by atoms with van der Waals surface area (Å²) in [7, 11) is 3.55. The molecule has 0 bridgehead atoms. The van der Waals surface area contributed by atoms with Crippen molar-refractivity contribution in [2.75, 3.05) is 20.8 Å². The maximum absolute atomic E-state index is 9.32. The monoisotopic (exact) mass is 223 g/mol. The molecule has 0 aliphatic carbocycles. The molecule has 0 aliphatic rings. The Labute approximate surface area is 97.4 Å². The number of aliphatic hydroxyl groups excluding tert-OH is 1. The van der Waals surface area contributed by atoms with Crippen LogP contribution in [-0.2, 0) is 0 Å². The summed E-state index contributed by atoms with van der Waals surface area (Å²) in [6, 6.07) is 2.07. The zero-order valence-electron chi connectivity index (χ0n) is 10.7. The second kappa shape index (κ2) is 5.32. The number of rotatable bonds is 4. The van der Waals surface area contributed by atoms with Crippen LogP contribution in [0.15, 0.2) is 6.07 Å². The average molecular weight is 223 g/mol. The van der Waals surface area contributed by atoms with Gasteiger partial charge in [-0.05, 0) is 50.1 Å². The Bertz CT molecular complexity index is 371. The fourth-order valence-corrected chi connectivity index (χ4v) is 2.11. The molecule has 0 heterocycles. The van der Waals surface area contributed by atoms with Crippen LogP contribution in [0.5, 0.6) is 5.75 Å². The molecule has 1 rings (SSSR count). The summed E-state index contributed by atoms with van der Waals surface area (Å²) in [5.74, 6) is 0.939. The molecular formula is C13H21NO2. The van der Waals surface area contributed by atoms with Crippen LogP contribution in [-0.4, -0.2) is 25.9 Å². The molecule has 2 N–H and O–H groups in total. The van der Waals surface area contributed by atoms with E-state index in [-0.39, 0.29) is 12.6 Å². The third-order valence-corrected chi connectivity index (χ3v) is 3.18. The highest BCUT2D eigenvalue weighted by Gasteiger charge is 2.16. The van der Waals surface area contributed by atoms with Crippen LogP contribution >= 0.6 is 0 Å². The first-order valence-corrected chi connectivity index (χ1v) is 5.49. The van der Waals surface area contributed by atoms with Crippen LogP contribution in [0.4, 0.5) is 0 Å². The molecule has 0 radical (unpaired) electrons. The van der Waals surface area contributed by atoms with Crippen molar-refractivity contribution in [3.63, 3.8) is 0 Å². The minimum absolute atomic E-state index is 0.0108. The van der Waals surface area contributed by atoms with Crippen molar-refractivity contribution >= 4 is 0 Å². The van der Waals surface area contributed by atoms with Gasteiger partial charge in [0.05, 0.1) is 19.8 Å². The molecule has 90 valence electrons. The van der Waals surface area contributed by atoms with E-state index in [1.807, 2.05) is 14.0 Å². The molecule has 0 aliphatic heterocycles. The Kier molecular flexibility index (Phi) is 4.33. The van der Waals surface area contributed by atoms with E-state index in [0.29, 0.717) is 0 Å². The SMILES string of the molecule is CNC(CO)c1cc(C)c(OC)c(C)c1C. The third-order valence-electron chi connectivity index (χ3n) is 3.18.